The van der Waals surface area contributed by atoms with E-state index in [2.05, 4.69) is 0 Å². The number of pyridine rings is 1. The summed E-state index contributed by atoms with van der Waals surface area (Å²) in [7, 11) is 0. The molecule has 2 aromatic rings. The van der Waals surface area contributed by atoms with Gasteiger partial charge in [0, 0.05) is 18.8 Å². The quantitative estimate of drug-likeness (QED) is 0.877. The first-order valence-corrected chi connectivity index (χ1v) is 5.70. The van der Waals surface area contributed by atoms with Gasteiger partial charge in [0.05, 0.1) is 11.3 Å². The van der Waals surface area contributed by atoms with Gasteiger partial charge in [-0.15, -0.1) is 0 Å². The van der Waals surface area contributed by atoms with Crippen LogP contribution in [0.5, 0.6) is 5.75 Å². The molecule has 1 aromatic carbocycles. The Kier molecular flexibility index (Phi) is 3.37. The summed E-state index contributed by atoms with van der Waals surface area (Å²) in [4.78, 5) is 22.0. The average molecular weight is 259 g/mol. The predicted octanol–water partition coefficient (Wildman–Crippen LogP) is 1.61. The molecule has 0 radical (unpaired) electrons. The lowest BCUT2D eigenvalue weighted by Crippen LogP contribution is -2.10. The molecule has 2 rings (SSSR count). The van der Waals surface area contributed by atoms with Crippen molar-refractivity contribution in [3.05, 3.63) is 63.6 Å². The molecule has 0 fully saturated rings. The fourth-order valence-corrected chi connectivity index (χ4v) is 1.78. The molecule has 0 unspecified atom stereocenters. The summed E-state index contributed by atoms with van der Waals surface area (Å²) in [6, 6.07) is 7.76. The van der Waals surface area contributed by atoms with Crippen LogP contribution in [0.4, 0.5) is 0 Å². The number of carbonyl (C=O) groups is 1. The van der Waals surface area contributed by atoms with Crippen LogP contribution < -0.4 is 5.43 Å². The Morgan fingerprint density at radius 1 is 1.21 bits per heavy atom. The first-order valence-electron chi connectivity index (χ1n) is 5.70. The molecule has 0 aliphatic carbocycles. The fourth-order valence-electron chi connectivity index (χ4n) is 1.78. The number of benzene rings is 1. The molecule has 0 spiro atoms. The van der Waals surface area contributed by atoms with Crippen molar-refractivity contribution in [2.45, 2.75) is 13.5 Å². The largest absolute Gasteiger partial charge is 0.503 e. The van der Waals surface area contributed by atoms with E-state index in [1.807, 2.05) is 0 Å². The zero-order valence-corrected chi connectivity index (χ0v) is 10.3. The maximum atomic E-state index is 11.2. The third kappa shape index (κ3) is 2.65. The Morgan fingerprint density at radius 2 is 1.84 bits per heavy atom. The zero-order valence-electron chi connectivity index (χ0n) is 10.3. The Morgan fingerprint density at radius 3 is 2.42 bits per heavy atom. The number of aromatic carboxylic acids is 1. The molecule has 0 saturated carbocycles. The van der Waals surface area contributed by atoms with Crippen LogP contribution in [0.15, 0.2) is 41.3 Å². The molecule has 5 nitrogen and oxygen atoms in total. The third-order valence-corrected chi connectivity index (χ3v) is 2.97. The number of carboxylic acids is 1. The summed E-state index contributed by atoms with van der Waals surface area (Å²) in [5.74, 6) is -1.23. The molecule has 0 amide bonds. The summed E-state index contributed by atoms with van der Waals surface area (Å²) in [5.41, 5.74) is 1.18. The van der Waals surface area contributed by atoms with Crippen LogP contribution >= 0.6 is 0 Å². The van der Waals surface area contributed by atoms with Crippen molar-refractivity contribution in [3.8, 4) is 5.75 Å². The van der Waals surface area contributed by atoms with E-state index in [9.17, 15) is 14.7 Å². The van der Waals surface area contributed by atoms with E-state index < -0.39 is 11.4 Å². The van der Waals surface area contributed by atoms with E-state index in [0.29, 0.717) is 12.2 Å². The van der Waals surface area contributed by atoms with Crippen LogP contribution in [0.1, 0.15) is 21.6 Å². The molecular weight excluding hydrogens is 246 g/mol. The molecule has 0 aliphatic rings. The second-order valence-electron chi connectivity index (χ2n) is 4.24. The Hall–Kier alpha value is -2.56. The van der Waals surface area contributed by atoms with Gasteiger partial charge >= 0.3 is 5.97 Å². The van der Waals surface area contributed by atoms with E-state index in [1.54, 1.807) is 29.8 Å². The Bertz CT molecular complexity index is 671. The summed E-state index contributed by atoms with van der Waals surface area (Å²) in [6.07, 6.45) is 1.60. The van der Waals surface area contributed by atoms with Crippen LogP contribution in [0.3, 0.4) is 0 Å². The lowest BCUT2D eigenvalue weighted by atomic mass is 10.1. The van der Waals surface area contributed by atoms with Crippen molar-refractivity contribution in [2.24, 2.45) is 0 Å². The highest BCUT2D eigenvalue weighted by Crippen LogP contribution is 2.12. The van der Waals surface area contributed by atoms with Gasteiger partial charge in [-0.1, -0.05) is 12.1 Å². The lowest BCUT2D eigenvalue weighted by Gasteiger charge is -2.11. The number of aromatic nitrogens is 1. The van der Waals surface area contributed by atoms with Crippen molar-refractivity contribution in [3.63, 3.8) is 0 Å². The highest BCUT2D eigenvalue weighted by Gasteiger charge is 2.06. The van der Waals surface area contributed by atoms with Gasteiger partial charge in [-0.25, -0.2) is 4.79 Å². The molecular formula is C14H13NO4. The van der Waals surface area contributed by atoms with Gasteiger partial charge in [-0.3, -0.25) is 4.79 Å². The van der Waals surface area contributed by atoms with E-state index in [-0.39, 0.29) is 11.3 Å². The molecule has 1 heterocycles. The summed E-state index contributed by atoms with van der Waals surface area (Å²) in [5, 5.41) is 18.4. The van der Waals surface area contributed by atoms with E-state index >= 15 is 0 Å². The summed E-state index contributed by atoms with van der Waals surface area (Å²) >= 11 is 0. The van der Waals surface area contributed by atoms with Gasteiger partial charge in [0.15, 0.2) is 5.75 Å². The third-order valence-electron chi connectivity index (χ3n) is 2.97. The normalized spacial score (nSPS) is 10.4. The van der Waals surface area contributed by atoms with Gasteiger partial charge < -0.3 is 14.8 Å². The maximum Gasteiger partial charge on any atom is 0.335 e. The summed E-state index contributed by atoms with van der Waals surface area (Å²) in [6.45, 7) is 2.11. The zero-order chi connectivity index (χ0) is 14.0. The van der Waals surface area contributed by atoms with Crippen LogP contribution in [0.25, 0.3) is 0 Å². The second-order valence-corrected chi connectivity index (χ2v) is 4.24. The molecule has 0 aliphatic heterocycles. The minimum absolute atomic E-state index is 0.225. The van der Waals surface area contributed by atoms with Crippen LogP contribution in [0.2, 0.25) is 0 Å². The molecule has 0 atom stereocenters. The van der Waals surface area contributed by atoms with E-state index in [0.717, 1.165) is 5.56 Å². The van der Waals surface area contributed by atoms with Gasteiger partial charge in [0.2, 0.25) is 5.43 Å². The van der Waals surface area contributed by atoms with Crippen LogP contribution in [-0.2, 0) is 6.54 Å². The first kappa shape index (κ1) is 12.9. The minimum atomic E-state index is -0.969. The Labute approximate surface area is 109 Å². The van der Waals surface area contributed by atoms with E-state index in [4.69, 9.17) is 5.11 Å². The summed E-state index contributed by atoms with van der Waals surface area (Å²) < 4.78 is 1.73. The van der Waals surface area contributed by atoms with E-state index in [1.165, 1.54) is 18.2 Å². The predicted molar refractivity (Wildman–Crippen MR) is 69.6 cm³/mol. The van der Waals surface area contributed by atoms with Crippen molar-refractivity contribution in [2.75, 3.05) is 0 Å². The van der Waals surface area contributed by atoms with Crippen molar-refractivity contribution in [1.82, 2.24) is 4.57 Å². The monoisotopic (exact) mass is 259 g/mol. The van der Waals surface area contributed by atoms with Crippen molar-refractivity contribution < 1.29 is 15.0 Å². The van der Waals surface area contributed by atoms with Crippen molar-refractivity contribution >= 4 is 5.97 Å². The number of carboxylic acid groups (broad SMARTS) is 1. The topological polar surface area (TPSA) is 79.5 Å². The molecule has 0 bridgehead atoms. The van der Waals surface area contributed by atoms with Crippen molar-refractivity contribution in [1.29, 1.82) is 0 Å². The second kappa shape index (κ2) is 4.97. The molecule has 0 saturated heterocycles. The number of aromatic hydroxyl groups is 1. The number of hydrogen-bond acceptors (Lipinski definition) is 3. The Balaban J connectivity index is 2.29. The first-order chi connectivity index (χ1) is 8.99. The standard InChI is InChI=1S/C14H13NO4/c1-9-13(17)12(16)6-7-15(9)8-10-2-4-11(5-3-10)14(18)19/h2-7,17H,8H2,1H3,(H,18,19). The number of rotatable bonds is 3. The molecule has 2 N–H and O–H groups in total. The SMILES string of the molecule is Cc1c(O)c(=O)ccn1Cc1ccc(C(=O)O)cc1. The van der Waals surface area contributed by atoms with Crippen LogP contribution in [-0.4, -0.2) is 20.7 Å². The number of nitrogens with zero attached hydrogens (tertiary/aromatic N) is 1. The minimum Gasteiger partial charge on any atom is -0.503 e. The fraction of sp³-hybridized carbons (Fsp3) is 0.143. The highest BCUT2D eigenvalue weighted by atomic mass is 16.4. The molecule has 98 valence electrons. The molecule has 19 heavy (non-hydrogen) atoms. The van der Waals surface area contributed by atoms with Crippen LogP contribution in [0, 0.1) is 6.92 Å². The lowest BCUT2D eigenvalue weighted by molar-refractivity contribution is 0.0697. The van der Waals surface area contributed by atoms with Gasteiger partial charge in [0.25, 0.3) is 0 Å². The molecule has 5 heteroatoms. The average Bonchev–Trinajstić information content (AvgIpc) is 2.40. The van der Waals surface area contributed by atoms with Gasteiger partial charge in [-0.2, -0.15) is 0 Å². The maximum absolute atomic E-state index is 11.2. The highest BCUT2D eigenvalue weighted by molar-refractivity contribution is 5.87. The van der Waals surface area contributed by atoms with Gasteiger partial charge in [0.1, 0.15) is 0 Å². The van der Waals surface area contributed by atoms with Gasteiger partial charge in [-0.05, 0) is 24.6 Å². The molecule has 1 aromatic heterocycles. The number of hydrogen-bond donors (Lipinski definition) is 2. The smallest absolute Gasteiger partial charge is 0.335 e.